The van der Waals surface area contributed by atoms with Crippen molar-refractivity contribution in [3.05, 3.63) is 53.6 Å². The monoisotopic (exact) mass is 329 g/mol. The zero-order valence-corrected chi connectivity index (χ0v) is 13.0. The van der Waals surface area contributed by atoms with Crippen molar-refractivity contribution in [1.29, 1.82) is 0 Å². The minimum Gasteiger partial charge on any atom is -0.456 e. The summed E-state index contributed by atoms with van der Waals surface area (Å²) in [5.41, 5.74) is 1.36. The van der Waals surface area contributed by atoms with Crippen LogP contribution in [0.4, 0.5) is 0 Å². The molecular weight excluding hydrogens is 313 g/mol. The van der Waals surface area contributed by atoms with E-state index in [1.54, 1.807) is 6.20 Å². The highest BCUT2D eigenvalue weighted by Crippen LogP contribution is 2.09. The molecule has 0 spiro atoms. The van der Waals surface area contributed by atoms with Gasteiger partial charge in [0.25, 0.3) is 0 Å². The summed E-state index contributed by atoms with van der Waals surface area (Å²) in [4.78, 5) is 16.2. The molecule has 1 aromatic carbocycles. The number of hydrogen-bond donors (Lipinski definition) is 1. The lowest BCUT2D eigenvalue weighted by atomic mass is 10.2. The van der Waals surface area contributed by atoms with Gasteiger partial charge >= 0.3 is 5.97 Å². The molecule has 2 heterocycles. The second kappa shape index (κ2) is 8.02. The molecule has 2 aromatic rings. The Morgan fingerprint density at radius 2 is 2.05 bits per heavy atom. The highest BCUT2D eigenvalue weighted by atomic mass is 35.5. The quantitative estimate of drug-likeness (QED) is 0.877. The van der Waals surface area contributed by atoms with Crippen LogP contribution in [-0.4, -0.2) is 22.1 Å². The number of halogens is 2. The lowest BCUT2D eigenvalue weighted by molar-refractivity contribution is 0.0466. The Kier molecular flexibility index (Phi) is 6.68. The van der Waals surface area contributed by atoms with E-state index >= 15 is 0 Å². The maximum absolute atomic E-state index is 11.9. The molecule has 0 saturated carbocycles. The molecule has 0 atom stereocenters. The number of fused-ring (bicyclic) bond motifs is 1. The summed E-state index contributed by atoms with van der Waals surface area (Å²) in [5.74, 6) is 0.517. The van der Waals surface area contributed by atoms with E-state index in [0.717, 1.165) is 24.5 Å². The van der Waals surface area contributed by atoms with Crippen LogP contribution in [0.3, 0.4) is 0 Å². The predicted octanol–water partition coefficient (Wildman–Crippen LogP) is 2.19. The van der Waals surface area contributed by atoms with Crippen LogP contribution in [0.1, 0.15) is 21.9 Å². The van der Waals surface area contributed by atoms with Gasteiger partial charge in [-0.15, -0.1) is 24.8 Å². The Bertz CT molecular complexity index is 564. The van der Waals surface area contributed by atoms with Crippen molar-refractivity contribution < 1.29 is 9.53 Å². The summed E-state index contributed by atoms with van der Waals surface area (Å²) in [6.45, 7) is 2.72. The second-order valence-corrected chi connectivity index (χ2v) is 4.47. The second-order valence-electron chi connectivity index (χ2n) is 4.47. The molecule has 5 nitrogen and oxygen atoms in total. The number of ether oxygens (including phenoxy) is 1. The van der Waals surface area contributed by atoms with Gasteiger partial charge in [-0.05, 0) is 5.56 Å². The summed E-state index contributed by atoms with van der Waals surface area (Å²) < 4.78 is 7.25. The SMILES string of the molecule is Cl.Cl.O=C(OCc1ccccc1)c1cn2c(n1)CNCC2. The fraction of sp³-hybridized carbons (Fsp3) is 0.286. The Hall–Kier alpha value is -1.56. The van der Waals surface area contributed by atoms with Crippen LogP contribution in [0.5, 0.6) is 0 Å². The molecule has 1 aromatic heterocycles. The van der Waals surface area contributed by atoms with Crippen LogP contribution in [0, 0.1) is 0 Å². The number of aromatic nitrogens is 2. The summed E-state index contributed by atoms with van der Waals surface area (Å²) in [6, 6.07) is 9.63. The van der Waals surface area contributed by atoms with Crippen LogP contribution in [-0.2, 0) is 24.4 Å². The molecule has 0 aliphatic carbocycles. The smallest absolute Gasteiger partial charge is 0.358 e. The molecule has 1 aliphatic rings. The first-order valence-corrected chi connectivity index (χ1v) is 6.31. The molecule has 0 saturated heterocycles. The highest BCUT2D eigenvalue weighted by Gasteiger charge is 2.17. The van der Waals surface area contributed by atoms with E-state index in [0.29, 0.717) is 12.2 Å². The molecule has 0 fully saturated rings. The Labute approximate surface area is 135 Å². The van der Waals surface area contributed by atoms with Crippen LogP contribution in [0.25, 0.3) is 0 Å². The van der Waals surface area contributed by atoms with Gasteiger partial charge in [0.1, 0.15) is 12.4 Å². The Balaban J connectivity index is 0.00000110. The average molecular weight is 330 g/mol. The predicted molar refractivity (Wildman–Crippen MR) is 84.0 cm³/mol. The first kappa shape index (κ1) is 17.5. The normalized spacial score (nSPS) is 12.6. The maximum Gasteiger partial charge on any atom is 0.358 e. The molecule has 0 amide bonds. The maximum atomic E-state index is 11.9. The largest absolute Gasteiger partial charge is 0.456 e. The first-order chi connectivity index (χ1) is 9.33. The molecule has 0 radical (unpaired) electrons. The molecular formula is C14H17Cl2N3O2. The van der Waals surface area contributed by atoms with Crippen LogP contribution < -0.4 is 5.32 Å². The summed E-state index contributed by atoms with van der Waals surface area (Å²) in [5, 5.41) is 3.22. The lowest BCUT2D eigenvalue weighted by Gasteiger charge is -2.13. The highest BCUT2D eigenvalue weighted by molar-refractivity contribution is 5.87. The van der Waals surface area contributed by atoms with Crippen molar-refractivity contribution in [2.75, 3.05) is 6.54 Å². The zero-order valence-electron chi connectivity index (χ0n) is 11.3. The van der Waals surface area contributed by atoms with E-state index in [4.69, 9.17) is 4.74 Å². The summed E-state index contributed by atoms with van der Waals surface area (Å²) >= 11 is 0. The third kappa shape index (κ3) is 4.20. The van der Waals surface area contributed by atoms with Crippen molar-refractivity contribution in [1.82, 2.24) is 14.9 Å². The van der Waals surface area contributed by atoms with Gasteiger partial charge in [0.15, 0.2) is 5.69 Å². The fourth-order valence-electron chi connectivity index (χ4n) is 2.08. The standard InChI is InChI=1S/C14H15N3O2.2ClH/c18-14(19-10-11-4-2-1-3-5-11)12-9-17-7-6-15-8-13(17)16-12;;/h1-5,9,15H,6-8,10H2;2*1H. The number of carbonyl (C=O) groups excluding carboxylic acids is 1. The van der Waals surface area contributed by atoms with E-state index < -0.39 is 0 Å². The van der Waals surface area contributed by atoms with Gasteiger partial charge in [-0.1, -0.05) is 30.3 Å². The molecule has 1 N–H and O–H groups in total. The lowest BCUT2D eigenvalue weighted by Crippen LogP contribution is -2.27. The molecule has 1 aliphatic heterocycles. The summed E-state index contributed by atoms with van der Waals surface area (Å²) in [6.07, 6.45) is 1.77. The minimum absolute atomic E-state index is 0. The van der Waals surface area contributed by atoms with Gasteiger partial charge in [0.2, 0.25) is 0 Å². The minimum atomic E-state index is -0.370. The van der Waals surface area contributed by atoms with Crippen molar-refractivity contribution in [2.45, 2.75) is 19.7 Å². The van der Waals surface area contributed by atoms with Crippen LogP contribution in [0.2, 0.25) is 0 Å². The Morgan fingerprint density at radius 3 is 2.76 bits per heavy atom. The van der Waals surface area contributed by atoms with Gasteiger partial charge in [0.05, 0.1) is 6.54 Å². The van der Waals surface area contributed by atoms with Gasteiger partial charge in [0, 0.05) is 19.3 Å². The number of esters is 1. The van der Waals surface area contributed by atoms with E-state index in [1.807, 2.05) is 34.9 Å². The zero-order chi connectivity index (χ0) is 13.1. The van der Waals surface area contributed by atoms with E-state index in [9.17, 15) is 4.79 Å². The fourth-order valence-corrected chi connectivity index (χ4v) is 2.08. The van der Waals surface area contributed by atoms with Gasteiger partial charge in [-0.3, -0.25) is 0 Å². The number of hydrogen-bond acceptors (Lipinski definition) is 4. The molecule has 0 unspecified atom stereocenters. The molecule has 21 heavy (non-hydrogen) atoms. The number of benzene rings is 1. The van der Waals surface area contributed by atoms with Gasteiger partial charge < -0.3 is 14.6 Å². The third-order valence-corrected chi connectivity index (χ3v) is 3.09. The van der Waals surface area contributed by atoms with Gasteiger partial charge in [-0.2, -0.15) is 0 Å². The van der Waals surface area contributed by atoms with Crippen molar-refractivity contribution in [3.63, 3.8) is 0 Å². The van der Waals surface area contributed by atoms with E-state index in [-0.39, 0.29) is 37.4 Å². The van der Waals surface area contributed by atoms with E-state index in [1.165, 1.54) is 0 Å². The summed E-state index contributed by atoms with van der Waals surface area (Å²) in [7, 11) is 0. The number of carbonyl (C=O) groups is 1. The van der Waals surface area contributed by atoms with Gasteiger partial charge in [-0.25, -0.2) is 9.78 Å². The van der Waals surface area contributed by atoms with Crippen molar-refractivity contribution in [3.8, 4) is 0 Å². The number of rotatable bonds is 3. The van der Waals surface area contributed by atoms with Crippen LogP contribution >= 0.6 is 24.8 Å². The third-order valence-electron chi connectivity index (χ3n) is 3.09. The van der Waals surface area contributed by atoms with Crippen molar-refractivity contribution in [2.24, 2.45) is 0 Å². The topological polar surface area (TPSA) is 56.2 Å². The first-order valence-electron chi connectivity index (χ1n) is 6.31. The molecule has 3 rings (SSSR count). The molecule has 7 heteroatoms. The molecule has 0 bridgehead atoms. The number of nitrogens with one attached hydrogen (secondary N) is 1. The van der Waals surface area contributed by atoms with E-state index in [2.05, 4.69) is 10.3 Å². The van der Waals surface area contributed by atoms with Crippen LogP contribution in [0.15, 0.2) is 36.5 Å². The number of nitrogens with zero attached hydrogens (tertiary/aromatic N) is 2. The number of imidazole rings is 1. The Morgan fingerprint density at radius 1 is 1.29 bits per heavy atom. The van der Waals surface area contributed by atoms with Crippen molar-refractivity contribution >= 4 is 30.8 Å². The average Bonchev–Trinajstić information content (AvgIpc) is 2.90. The molecule has 114 valence electrons.